The first-order valence-electron chi connectivity index (χ1n) is 3.58. The number of halogens is 1. The fourth-order valence-corrected chi connectivity index (χ4v) is 0.579. The molecule has 0 bridgehead atoms. The van der Waals surface area contributed by atoms with Crippen LogP contribution in [0.3, 0.4) is 0 Å². The largest absolute Gasteiger partial charge is 0.466 e. The van der Waals surface area contributed by atoms with Crippen LogP contribution < -0.4 is 5.73 Å². The van der Waals surface area contributed by atoms with E-state index in [2.05, 4.69) is 0 Å². The monoisotopic (exact) mass is 181 g/mol. The van der Waals surface area contributed by atoms with E-state index in [4.69, 9.17) is 10.5 Å². The molecule has 0 fully saturated rings. The highest BCUT2D eigenvalue weighted by Crippen LogP contribution is 1.95. The Bertz CT molecular complexity index is 107. The predicted molar refractivity (Wildman–Crippen MR) is 46.8 cm³/mol. The molecule has 0 amide bonds. The summed E-state index contributed by atoms with van der Waals surface area (Å²) in [6.07, 6.45) is 1.14. The maximum Gasteiger partial charge on any atom is 0.305 e. The highest BCUT2D eigenvalue weighted by Gasteiger charge is 2.02. The van der Waals surface area contributed by atoms with Crippen LogP contribution in [0.15, 0.2) is 0 Å². The lowest BCUT2D eigenvalue weighted by Crippen LogP contribution is -2.17. The molecule has 4 heteroatoms. The molecule has 0 aliphatic rings. The predicted octanol–water partition coefficient (Wildman–Crippen LogP) is 1.10. The molecule has 0 saturated heterocycles. The number of esters is 1. The fraction of sp³-hybridized carbons (Fsp3) is 0.857. The van der Waals surface area contributed by atoms with Crippen molar-refractivity contribution in [3.63, 3.8) is 0 Å². The van der Waals surface area contributed by atoms with E-state index in [1.165, 1.54) is 0 Å². The normalized spacial score (nSPS) is 11.5. The van der Waals surface area contributed by atoms with E-state index in [1.54, 1.807) is 6.92 Å². The molecule has 0 aromatic heterocycles. The Kier molecular flexibility index (Phi) is 9.47. The molecule has 0 radical (unpaired) electrons. The van der Waals surface area contributed by atoms with Crippen LogP contribution in [0.4, 0.5) is 0 Å². The third-order valence-electron chi connectivity index (χ3n) is 1.11. The van der Waals surface area contributed by atoms with Gasteiger partial charge in [0.2, 0.25) is 0 Å². The van der Waals surface area contributed by atoms with Crippen LogP contribution in [0, 0.1) is 0 Å². The fourth-order valence-electron chi connectivity index (χ4n) is 0.579. The molecule has 0 rings (SSSR count). The van der Waals surface area contributed by atoms with Gasteiger partial charge in [0, 0.05) is 12.5 Å². The van der Waals surface area contributed by atoms with Crippen LogP contribution in [0.25, 0.3) is 0 Å². The van der Waals surface area contributed by atoms with Crippen LogP contribution >= 0.6 is 12.4 Å². The van der Waals surface area contributed by atoms with Crippen LogP contribution in [-0.4, -0.2) is 18.6 Å². The summed E-state index contributed by atoms with van der Waals surface area (Å²) >= 11 is 0. The van der Waals surface area contributed by atoms with Crippen molar-refractivity contribution in [3.05, 3.63) is 0 Å². The Hall–Kier alpha value is -0.280. The zero-order valence-electron chi connectivity index (χ0n) is 7.00. The third-order valence-corrected chi connectivity index (χ3v) is 1.11. The van der Waals surface area contributed by atoms with E-state index in [-0.39, 0.29) is 24.4 Å². The van der Waals surface area contributed by atoms with Gasteiger partial charge >= 0.3 is 5.97 Å². The van der Waals surface area contributed by atoms with Gasteiger partial charge in [-0.05, 0) is 20.3 Å². The topological polar surface area (TPSA) is 52.3 Å². The minimum Gasteiger partial charge on any atom is -0.466 e. The summed E-state index contributed by atoms with van der Waals surface area (Å²) in [6.45, 7) is 4.13. The van der Waals surface area contributed by atoms with Gasteiger partial charge < -0.3 is 10.5 Å². The highest BCUT2D eigenvalue weighted by atomic mass is 35.5. The van der Waals surface area contributed by atoms with Crippen molar-refractivity contribution in [3.8, 4) is 0 Å². The minimum atomic E-state index is -0.153. The number of carbonyl (C=O) groups is 1. The number of carbonyl (C=O) groups excluding carboxylic acids is 1. The Morgan fingerprint density at radius 2 is 2.18 bits per heavy atom. The average molecular weight is 182 g/mol. The van der Waals surface area contributed by atoms with Gasteiger partial charge in [0.25, 0.3) is 0 Å². The van der Waals surface area contributed by atoms with Crippen molar-refractivity contribution in [2.45, 2.75) is 32.7 Å². The van der Waals surface area contributed by atoms with E-state index in [9.17, 15) is 4.79 Å². The lowest BCUT2D eigenvalue weighted by molar-refractivity contribution is -0.143. The standard InChI is InChI=1S/C7H15NO2.ClH/c1-3-10-7(9)5-4-6(2)8;/h6H,3-5,8H2,1-2H3;1H/t6-;/m0./s1. The molecule has 0 spiro atoms. The van der Waals surface area contributed by atoms with Crippen LogP contribution in [-0.2, 0) is 9.53 Å². The Balaban J connectivity index is 0. The molecule has 0 aliphatic carbocycles. The highest BCUT2D eigenvalue weighted by molar-refractivity contribution is 5.85. The van der Waals surface area contributed by atoms with Crippen LogP contribution in [0.1, 0.15) is 26.7 Å². The van der Waals surface area contributed by atoms with Gasteiger partial charge in [-0.15, -0.1) is 12.4 Å². The van der Waals surface area contributed by atoms with Gasteiger partial charge in [-0.2, -0.15) is 0 Å². The molecular weight excluding hydrogens is 166 g/mol. The zero-order valence-corrected chi connectivity index (χ0v) is 7.82. The van der Waals surface area contributed by atoms with Gasteiger partial charge in [0.15, 0.2) is 0 Å². The summed E-state index contributed by atoms with van der Waals surface area (Å²) < 4.78 is 4.70. The van der Waals surface area contributed by atoms with Gasteiger partial charge in [-0.3, -0.25) is 4.79 Å². The molecule has 68 valence electrons. The first-order valence-corrected chi connectivity index (χ1v) is 3.58. The van der Waals surface area contributed by atoms with Crippen molar-refractivity contribution in [2.75, 3.05) is 6.61 Å². The Morgan fingerprint density at radius 1 is 1.64 bits per heavy atom. The molecule has 0 unspecified atom stereocenters. The molecule has 0 heterocycles. The molecule has 2 N–H and O–H groups in total. The molecule has 1 atom stereocenters. The van der Waals surface area contributed by atoms with Gasteiger partial charge in [-0.25, -0.2) is 0 Å². The SMILES string of the molecule is CCOC(=O)CC[C@H](C)N.Cl. The van der Waals surface area contributed by atoms with Gasteiger partial charge in [-0.1, -0.05) is 0 Å². The van der Waals surface area contributed by atoms with Crippen molar-refractivity contribution in [1.29, 1.82) is 0 Å². The van der Waals surface area contributed by atoms with Crippen molar-refractivity contribution < 1.29 is 9.53 Å². The number of hydrogen-bond acceptors (Lipinski definition) is 3. The summed E-state index contributed by atoms with van der Waals surface area (Å²) in [6, 6.07) is 0.0874. The first kappa shape index (κ1) is 13.3. The summed E-state index contributed by atoms with van der Waals surface area (Å²) in [7, 11) is 0. The minimum absolute atomic E-state index is 0. The van der Waals surface area contributed by atoms with E-state index in [0.29, 0.717) is 19.4 Å². The lowest BCUT2D eigenvalue weighted by atomic mass is 10.2. The molecule has 0 aromatic carbocycles. The van der Waals surface area contributed by atoms with Gasteiger partial charge in [0.1, 0.15) is 0 Å². The second kappa shape index (κ2) is 7.82. The number of ether oxygens (including phenoxy) is 1. The molecule has 0 aliphatic heterocycles. The molecule has 3 nitrogen and oxygen atoms in total. The summed E-state index contributed by atoms with van der Waals surface area (Å²) in [5.41, 5.74) is 5.43. The Morgan fingerprint density at radius 3 is 2.55 bits per heavy atom. The van der Waals surface area contributed by atoms with Crippen LogP contribution in [0.2, 0.25) is 0 Å². The summed E-state index contributed by atoms with van der Waals surface area (Å²) in [5, 5.41) is 0. The molecular formula is C7H16ClNO2. The second-order valence-electron chi connectivity index (χ2n) is 2.32. The zero-order chi connectivity index (χ0) is 7.98. The lowest BCUT2D eigenvalue weighted by Gasteiger charge is -2.03. The van der Waals surface area contributed by atoms with Crippen molar-refractivity contribution in [2.24, 2.45) is 5.73 Å². The average Bonchev–Trinajstić information content (AvgIpc) is 1.85. The van der Waals surface area contributed by atoms with E-state index in [0.717, 1.165) is 0 Å². The number of rotatable bonds is 4. The van der Waals surface area contributed by atoms with Crippen molar-refractivity contribution in [1.82, 2.24) is 0 Å². The van der Waals surface area contributed by atoms with E-state index >= 15 is 0 Å². The Labute approximate surface area is 73.7 Å². The van der Waals surface area contributed by atoms with E-state index in [1.807, 2.05) is 6.92 Å². The second-order valence-corrected chi connectivity index (χ2v) is 2.32. The molecule has 11 heavy (non-hydrogen) atoms. The maximum atomic E-state index is 10.7. The summed E-state index contributed by atoms with van der Waals surface area (Å²) in [5.74, 6) is -0.153. The molecule has 0 saturated carbocycles. The van der Waals surface area contributed by atoms with Gasteiger partial charge in [0.05, 0.1) is 6.61 Å². The number of hydrogen-bond donors (Lipinski definition) is 1. The summed E-state index contributed by atoms with van der Waals surface area (Å²) in [4.78, 5) is 10.7. The molecule has 0 aromatic rings. The number of nitrogens with two attached hydrogens (primary N) is 1. The first-order chi connectivity index (χ1) is 4.66. The smallest absolute Gasteiger partial charge is 0.305 e. The third kappa shape index (κ3) is 9.72. The van der Waals surface area contributed by atoms with Crippen LogP contribution in [0.5, 0.6) is 0 Å². The van der Waals surface area contributed by atoms with E-state index < -0.39 is 0 Å². The van der Waals surface area contributed by atoms with Crippen molar-refractivity contribution >= 4 is 18.4 Å². The quantitative estimate of drug-likeness (QED) is 0.661. The maximum absolute atomic E-state index is 10.7.